The average molecular weight is 283 g/mol. The first-order valence-corrected chi connectivity index (χ1v) is 8.77. The third-order valence-electron chi connectivity index (χ3n) is 7.58. The van der Waals surface area contributed by atoms with E-state index in [1.165, 1.54) is 37.7 Å². The Morgan fingerprint density at radius 3 is 2.62 bits per heavy atom. The summed E-state index contributed by atoms with van der Waals surface area (Å²) in [7, 11) is 0. The summed E-state index contributed by atoms with van der Waals surface area (Å²) in [5.41, 5.74) is 5.56. The smallest absolute Gasteiger partial charge is 0.0328 e. The van der Waals surface area contributed by atoms with E-state index in [1.807, 2.05) is 0 Å². The van der Waals surface area contributed by atoms with E-state index in [1.54, 1.807) is 11.1 Å². The van der Waals surface area contributed by atoms with E-state index in [2.05, 4.69) is 51.2 Å². The largest absolute Gasteiger partial charge is 0.307 e. The number of hydrogen-bond donors (Lipinski definition) is 1. The second-order valence-corrected chi connectivity index (χ2v) is 8.62. The standard InChI is InChI=1S/C20H29N/c1-13-5-6-14-7-8-17(16(14)11-13)21-18-12-15-9-10-20(18,4)19(15,2)3/h5-6,11,15,17-18,21H,7-10,12H2,1-4H3. The molecule has 2 bridgehead atoms. The summed E-state index contributed by atoms with van der Waals surface area (Å²) in [6, 6.07) is 8.34. The molecule has 2 saturated carbocycles. The van der Waals surface area contributed by atoms with Gasteiger partial charge in [0.15, 0.2) is 0 Å². The highest BCUT2D eigenvalue weighted by atomic mass is 15.0. The van der Waals surface area contributed by atoms with Gasteiger partial charge in [-0.1, -0.05) is 44.5 Å². The maximum absolute atomic E-state index is 4.09. The van der Waals surface area contributed by atoms with Crippen molar-refractivity contribution < 1.29 is 0 Å². The molecule has 4 unspecified atom stereocenters. The van der Waals surface area contributed by atoms with E-state index >= 15 is 0 Å². The first-order valence-electron chi connectivity index (χ1n) is 8.77. The van der Waals surface area contributed by atoms with Crippen molar-refractivity contribution in [1.82, 2.24) is 5.32 Å². The zero-order valence-electron chi connectivity index (χ0n) is 14.0. The van der Waals surface area contributed by atoms with Crippen molar-refractivity contribution in [1.29, 1.82) is 0 Å². The van der Waals surface area contributed by atoms with Crippen LogP contribution < -0.4 is 5.32 Å². The Kier molecular flexibility index (Phi) is 2.86. The molecule has 0 aliphatic heterocycles. The Bertz CT molecular complexity index is 573. The maximum Gasteiger partial charge on any atom is 0.0328 e. The predicted octanol–water partition coefficient (Wildman–Crippen LogP) is 4.79. The van der Waals surface area contributed by atoms with Gasteiger partial charge in [0.2, 0.25) is 0 Å². The summed E-state index contributed by atoms with van der Waals surface area (Å²) in [6.45, 7) is 9.79. The van der Waals surface area contributed by atoms with E-state index < -0.39 is 0 Å². The summed E-state index contributed by atoms with van der Waals surface area (Å²) in [6.07, 6.45) is 6.79. The molecule has 0 heterocycles. The van der Waals surface area contributed by atoms with Crippen molar-refractivity contribution in [2.75, 3.05) is 0 Å². The van der Waals surface area contributed by atoms with E-state index in [4.69, 9.17) is 0 Å². The van der Waals surface area contributed by atoms with Crippen LogP contribution >= 0.6 is 0 Å². The van der Waals surface area contributed by atoms with Crippen LogP contribution in [0.1, 0.15) is 69.2 Å². The fourth-order valence-corrected chi connectivity index (χ4v) is 5.59. The van der Waals surface area contributed by atoms with Crippen LogP contribution in [0, 0.1) is 23.7 Å². The topological polar surface area (TPSA) is 12.0 Å². The molecule has 21 heavy (non-hydrogen) atoms. The third kappa shape index (κ3) is 1.79. The number of fused-ring (bicyclic) bond motifs is 3. The molecule has 0 saturated heterocycles. The van der Waals surface area contributed by atoms with Crippen LogP contribution in [0.4, 0.5) is 0 Å². The minimum atomic E-state index is 0.490. The van der Waals surface area contributed by atoms with Gasteiger partial charge in [0.1, 0.15) is 0 Å². The van der Waals surface area contributed by atoms with Gasteiger partial charge < -0.3 is 5.32 Å². The average Bonchev–Trinajstić information content (AvgIpc) is 2.98. The van der Waals surface area contributed by atoms with E-state index in [9.17, 15) is 0 Å². The van der Waals surface area contributed by atoms with Crippen LogP contribution in [0.15, 0.2) is 18.2 Å². The molecule has 114 valence electrons. The maximum atomic E-state index is 4.09. The van der Waals surface area contributed by atoms with Gasteiger partial charge >= 0.3 is 0 Å². The summed E-state index contributed by atoms with van der Waals surface area (Å²) in [5, 5.41) is 4.09. The van der Waals surface area contributed by atoms with Crippen molar-refractivity contribution in [3.63, 3.8) is 0 Å². The number of aryl methyl sites for hydroxylation is 2. The van der Waals surface area contributed by atoms with Crippen LogP contribution in [-0.4, -0.2) is 6.04 Å². The zero-order valence-corrected chi connectivity index (χ0v) is 14.0. The van der Waals surface area contributed by atoms with Gasteiger partial charge in [-0.3, -0.25) is 0 Å². The lowest BCUT2D eigenvalue weighted by atomic mass is 9.69. The van der Waals surface area contributed by atoms with Gasteiger partial charge in [0, 0.05) is 12.1 Å². The quantitative estimate of drug-likeness (QED) is 0.823. The second kappa shape index (κ2) is 4.35. The molecule has 3 aliphatic rings. The first-order chi connectivity index (χ1) is 9.92. The summed E-state index contributed by atoms with van der Waals surface area (Å²) in [5.74, 6) is 0.929. The lowest BCUT2D eigenvalue weighted by Gasteiger charge is -2.41. The molecule has 1 N–H and O–H groups in total. The minimum Gasteiger partial charge on any atom is -0.307 e. The molecule has 4 atom stereocenters. The normalized spacial score (nSPS) is 39.7. The molecule has 0 spiro atoms. The first kappa shape index (κ1) is 13.8. The molecule has 3 aliphatic carbocycles. The number of benzene rings is 1. The van der Waals surface area contributed by atoms with E-state index in [0.717, 1.165) is 5.92 Å². The van der Waals surface area contributed by atoms with Crippen LogP contribution in [0.5, 0.6) is 0 Å². The Balaban J connectivity index is 1.58. The second-order valence-electron chi connectivity index (χ2n) is 8.62. The van der Waals surface area contributed by atoms with Crippen LogP contribution in [0.2, 0.25) is 0 Å². The SMILES string of the molecule is Cc1ccc2c(c1)C(NC1CC3CCC1(C)C3(C)C)CC2. The van der Waals surface area contributed by atoms with Gasteiger partial charge in [-0.25, -0.2) is 0 Å². The fraction of sp³-hybridized carbons (Fsp3) is 0.700. The van der Waals surface area contributed by atoms with Crippen molar-refractivity contribution >= 4 is 0 Å². The Morgan fingerprint density at radius 1 is 1.14 bits per heavy atom. The number of rotatable bonds is 2. The Hall–Kier alpha value is -0.820. The molecule has 0 amide bonds. The van der Waals surface area contributed by atoms with Crippen LogP contribution in [0.25, 0.3) is 0 Å². The highest BCUT2D eigenvalue weighted by molar-refractivity contribution is 5.38. The Labute approximate surface area is 129 Å². The molecule has 1 aromatic carbocycles. The lowest BCUT2D eigenvalue weighted by Crippen LogP contribution is -2.45. The van der Waals surface area contributed by atoms with Gasteiger partial charge in [-0.15, -0.1) is 0 Å². The van der Waals surface area contributed by atoms with E-state index in [0.29, 0.717) is 22.9 Å². The van der Waals surface area contributed by atoms with Gasteiger partial charge in [0.25, 0.3) is 0 Å². The van der Waals surface area contributed by atoms with Gasteiger partial charge in [-0.2, -0.15) is 0 Å². The third-order valence-corrected chi connectivity index (χ3v) is 7.58. The minimum absolute atomic E-state index is 0.490. The molecule has 4 rings (SSSR count). The molecule has 0 radical (unpaired) electrons. The molecule has 0 aromatic heterocycles. The molecular weight excluding hydrogens is 254 g/mol. The number of hydrogen-bond acceptors (Lipinski definition) is 1. The van der Waals surface area contributed by atoms with Crippen LogP contribution in [-0.2, 0) is 6.42 Å². The Morgan fingerprint density at radius 2 is 1.95 bits per heavy atom. The fourth-order valence-electron chi connectivity index (χ4n) is 5.59. The molecular formula is C20H29N. The number of nitrogens with one attached hydrogen (secondary N) is 1. The molecule has 1 nitrogen and oxygen atoms in total. The predicted molar refractivity (Wildman–Crippen MR) is 88.4 cm³/mol. The molecule has 1 aromatic rings. The highest BCUT2D eigenvalue weighted by Crippen LogP contribution is 2.65. The van der Waals surface area contributed by atoms with Gasteiger partial charge in [0.05, 0.1) is 0 Å². The van der Waals surface area contributed by atoms with Crippen molar-refractivity contribution in [3.05, 3.63) is 34.9 Å². The summed E-state index contributed by atoms with van der Waals surface area (Å²) in [4.78, 5) is 0. The zero-order chi connectivity index (χ0) is 14.8. The van der Waals surface area contributed by atoms with Gasteiger partial charge in [-0.05, 0) is 66.9 Å². The summed E-state index contributed by atoms with van der Waals surface area (Å²) < 4.78 is 0. The molecule has 1 heteroatoms. The van der Waals surface area contributed by atoms with Crippen molar-refractivity contribution in [2.24, 2.45) is 16.7 Å². The lowest BCUT2D eigenvalue weighted by molar-refractivity contribution is 0.115. The summed E-state index contributed by atoms with van der Waals surface area (Å²) >= 11 is 0. The van der Waals surface area contributed by atoms with Crippen LogP contribution in [0.3, 0.4) is 0 Å². The van der Waals surface area contributed by atoms with Crippen molar-refractivity contribution in [3.8, 4) is 0 Å². The highest BCUT2D eigenvalue weighted by Gasteiger charge is 2.61. The molecule has 2 fully saturated rings. The van der Waals surface area contributed by atoms with E-state index in [-0.39, 0.29) is 0 Å². The van der Waals surface area contributed by atoms with Crippen molar-refractivity contribution in [2.45, 2.75) is 71.9 Å². The monoisotopic (exact) mass is 283 g/mol.